The fraction of sp³-hybridized carbons (Fsp3) is 0.500. The first-order valence-electron chi connectivity index (χ1n) is 8.65. The van der Waals surface area contributed by atoms with Crippen LogP contribution in [0.4, 0.5) is 0 Å². The number of carbonyl (C=O) groups is 1. The van der Waals surface area contributed by atoms with E-state index < -0.39 is 0 Å². The van der Waals surface area contributed by atoms with Crippen molar-refractivity contribution < 1.29 is 14.3 Å². The Morgan fingerprint density at radius 2 is 2.08 bits per heavy atom. The third-order valence-electron chi connectivity index (χ3n) is 4.96. The molecule has 1 atom stereocenters. The lowest BCUT2D eigenvalue weighted by atomic mass is 9.83. The van der Waals surface area contributed by atoms with Crippen molar-refractivity contribution in [1.29, 1.82) is 0 Å². The summed E-state index contributed by atoms with van der Waals surface area (Å²) in [5.74, 6) is 0.131. The second-order valence-corrected chi connectivity index (χ2v) is 7.51. The molecule has 4 heterocycles. The Morgan fingerprint density at radius 3 is 2.80 bits per heavy atom. The lowest BCUT2D eigenvalue weighted by Gasteiger charge is -2.45. The summed E-state index contributed by atoms with van der Waals surface area (Å²) in [6.45, 7) is 2.13. The number of thiophene rings is 1. The lowest BCUT2D eigenvalue weighted by Crippen LogP contribution is -2.52. The summed E-state index contributed by atoms with van der Waals surface area (Å²) in [6.07, 6.45) is 6.80. The molecule has 2 fully saturated rings. The van der Waals surface area contributed by atoms with E-state index in [2.05, 4.69) is 9.97 Å². The van der Waals surface area contributed by atoms with Gasteiger partial charge in [-0.1, -0.05) is 6.07 Å². The van der Waals surface area contributed by atoms with Crippen LogP contribution in [0.3, 0.4) is 0 Å². The summed E-state index contributed by atoms with van der Waals surface area (Å²) in [7, 11) is 0. The molecule has 2 aromatic heterocycles. The van der Waals surface area contributed by atoms with E-state index >= 15 is 0 Å². The Kier molecular flexibility index (Phi) is 4.67. The number of nitrogens with zero attached hydrogens (tertiary/aromatic N) is 3. The first-order chi connectivity index (χ1) is 12.2. The summed E-state index contributed by atoms with van der Waals surface area (Å²) in [4.78, 5) is 23.5. The van der Waals surface area contributed by atoms with Crippen molar-refractivity contribution in [2.45, 2.75) is 37.4 Å². The summed E-state index contributed by atoms with van der Waals surface area (Å²) in [5, 5.41) is 1.94. The topological polar surface area (TPSA) is 64.6 Å². The van der Waals surface area contributed by atoms with E-state index in [0.717, 1.165) is 43.6 Å². The molecular weight excluding hydrogens is 338 g/mol. The highest BCUT2D eigenvalue weighted by molar-refractivity contribution is 7.12. The van der Waals surface area contributed by atoms with Gasteiger partial charge in [0.05, 0.1) is 17.1 Å². The molecule has 0 aromatic carbocycles. The molecule has 1 unspecified atom stereocenters. The van der Waals surface area contributed by atoms with E-state index in [0.29, 0.717) is 12.6 Å². The highest BCUT2D eigenvalue weighted by atomic mass is 32.1. The zero-order valence-corrected chi connectivity index (χ0v) is 14.8. The number of carbonyl (C=O) groups excluding carboxylic acids is 1. The molecule has 1 amide bonds. The van der Waals surface area contributed by atoms with Crippen LogP contribution < -0.4 is 4.74 Å². The Balaban J connectivity index is 1.36. The van der Waals surface area contributed by atoms with Gasteiger partial charge in [0, 0.05) is 38.3 Å². The van der Waals surface area contributed by atoms with Crippen LogP contribution in [0, 0.1) is 0 Å². The van der Waals surface area contributed by atoms with Crippen LogP contribution in [0.2, 0.25) is 0 Å². The molecule has 7 heteroatoms. The average Bonchev–Trinajstić information content (AvgIpc) is 3.18. The number of hydrogen-bond acceptors (Lipinski definition) is 6. The van der Waals surface area contributed by atoms with Crippen LogP contribution >= 0.6 is 11.3 Å². The van der Waals surface area contributed by atoms with Crippen molar-refractivity contribution in [1.82, 2.24) is 14.9 Å². The molecule has 2 aliphatic rings. The summed E-state index contributed by atoms with van der Waals surface area (Å²) in [6, 6.07) is 6.01. The van der Waals surface area contributed by atoms with Crippen molar-refractivity contribution in [3.8, 4) is 6.01 Å². The molecule has 132 valence electrons. The number of likely N-dealkylation sites (tertiary alicyclic amines) is 1. The van der Waals surface area contributed by atoms with Crippen LogP contribution in [0.15, 0.2) is 36.0 Å². The van der Waals surface area contributed by atoms with Crippen LogP contribution in [0.5, 0.6) is 6.01 Å². The summed E-state index contributed by atoms with van der Waals surface area (Å²) >= 11 is 1.50. The second kappa shape index (κ2) is 7.09. The van der Waals surface area contributed by atoms with Gasteiger partial charge >= 0.3 is 6.01 Å². The van der Waals surface area contributed by atoms with Crippen molar-refractivity contribution in [3.63, 3.8) is 0 Å². The maximum Gasteiger partial charge on any atom is 0.316 e. The minimum Gasteiger partial charge on any atom is -0.460 e. The quantitative estimate of drug-likeness (QED) is 0.843. The molecular formula is C18H21N3O3S. The Labute approximate surface area is 150 Å². The first-order valence-corrected chi connectivity index (χ1v) is 9.53. The molecule has 4 rings (SSSR count). The lowest BCUT2D eigenvalue weighted by molar-refractivity contribution is -0.135. The third kappa shape index (κ3) is 3.67. The molecule has 2 aromatic rings. The molecule has 0 radical (unpaired) electrons. The Morgan fingerprint density at radius 1 is 1.28 bits per heavy atom. The van der Waals surface area contributed by atoms with Crippen LogP contribution in [-0.2, 0) is 4.74 Å². The number of hydrogen-bond donors (Lipinski definition) is 0. The normalized spacial score (nSPS) is 22.7. The van der Waals surface area contributed by atoms with Crippen molar-refractivity contribution in [2.24, 2.45) is 0 Å². The van der Waals surface area contributed by atoms with E-state index in [1.165, 1.54) is 11.3 Å². The van der Waals surface area contributed by atoms with Gasteiger partial charge in [0.15, 0.2) is 0 Å². The van der Waals surface area contributed by atoms with Gasteiger partial charge in [-0.05, 0) is 30.4 Å². The number of aromatic nitrogens is 2. The maximum absolute atomic E-state index is 12.5. The van der Waals surface area contributed by atoms with E-state index in [9.17, 15) is 4.79 Å². The van der Waals surface area contributed by atoms with Crippen LogP contribution in [0.25, 0.3) is 0 Å². The molecule has 1 spiro atoms. The number of ether oxygens (including phenoxy) is 2. The fourth-order valence-corrected chi connectivity index (χ4v) is 4.29. The van der Waals surface area contributed by atoms with Crippen molar-refractivity contribution in [3.05, 3.63) is 40.8 Å². The van der Waals surface area contributed by atoms with Gasteiger partial charge in [-0.2, -0.15) is 0 Å². The van der Waals surface area contributed by atoms with Gasteiger partial charge in [-0.3, -0.25) is 4.79 Å². The first kappa shape index (κ1) is 16.5. The number of amides is 1. The molecule has 0 N–H and O–H groups in total. The Hall–Kier alpha value is -1.99. The maximum atomic E-state index is 12.5. The SMILES string of the molecule is O=C(c1cccs1)N1CCC2(CC1)CC(Oc1ncccn1)CCO2. The average molecular weight is 359 g/mol. The van der Waals surface area contributed by atoms with Gasteiger partial charge < -0.3 is 14.4 Å². The molecule has 6 nitrogen and oxygen atoms in total. The molecule has 0 aliphatic carbocycles. The number of rotatable bonds is 3. The molecule has 2 aliphatic heterocycles. The summed E-state index contributed by atoms with van der Waals surface area (Å²) in [5.41, 5.74) is -0.191. The zero-order chi connectivity index (χ0) is 17.1. The predicted octanol–water partition coefficient (Wildman–Crippen LogP) is 2.77. The molecule has 0 bridgehead atoms. The minimum atomic E-state index is -0.191. The van der Waals surface area contributed by atoms with Crippen molar-refractivity contribution >= 4 is 17.2 Å². The highest BCUT2D eigenvalue weighted by Crippen LogP contribution is 2.36. The summed E-state index contributed by atoms with van der Waals surface area (Å²) < 4.78 is 12.1. The minimum absolute atomic E-state index is 0.0655. The van der Waals surface area contributed by atoms with Gasteiger partial charge in [-0.25, -0.2) is 9.97 Å². The van der Waals surface area contributed by atoms with Gasteiger partial charge in [-0.15, -0.1) is 11.3 Å². The van der Waals surface area contributed by atoms with E-state index in [1.54, 1.807) is 18.5 Å². The smallest absolute Gasteiger partial charge is 0.316 e. The number of piperidine rings is 1. The van der Waals surface area contributed by atoms with Gasteiger partial charge in [0.1, 0.15) is 6.10 Å². The van der Waals surface area contributed by atoms with Crippen molar-refractivity contribution in [2.75, 3.05) is 19.7 Å². The molecule has 0 saturated carbocycles. The largest absolute Gasteiger partial charge is 0.460 e. The Bertz CT molecular complexity index is 700. The second-order valence-electron chi connectivity index (χ2n) is 6.57. The molecule has 2 saturated heterocycles. The monoisotopic (exact) mass is 359 g/mol. The van der Waals surface area contributed by atoms with Crippen LogP contribution in [-0.4, -0.2) is 52.2 Å². The van der Waals surface area contributed by atoms with E-state index in [1.807, 2.05) is 22.4 Å². The zero-order valence-electron chi connectivity index (χ0n) is 14.0. The van der Waals surface area contributed by atoms with Crippen LogP contribution in [0.1, 0.15) is 35.4 Å². The standard InChI is InChI=1S/C18H21N3O3S/c22-16(15-3-1-12-25-15)21-9-5-18(6-10-21)13-14(4-11-23-18)24-17-19-7-2-8-20-17/h1-3,7-8,12,14H,4-6,9-11,13H2. The van der Waals surface area contributed by atoms with E-state index in [-0.39, 0.29) is 17.6 Å². The molecule has 25 heavy (non-hydrogen) atoms. The highest BCUT2D eigenvalue weighted by Gasteiger charge is 2.42. The van der Waals surface area contributed by atoms with E-state index in [4.69, 9.17) is 9.47 Å². The predicted molar refractivity (Wildman–Crippen MR) is 93.8 cm³/mol. The van der Waals surface area contributed by atoms with Gasteiger partial charge in [0.2, 0.25) is 0 Å². The third-order valence-corrected chi connectivity index (χ3v) is 5.81. The fourth-order valence-electron chi connectivity index (χ4n) is 3.60. The van der Waals surface area contributed by atoms with Gasteiger partial charge in [0.25, 0.3) is 5.91 Å².